The van der Waals surface area contributed by atoms with Crippen molar-refractivity contribution >= 4 is 0 Å². The zero-order valence-corrected chi connectivity index (χ0v) is 10.3. The highest BCUT2D eigenvalue weighted by Gasteiger charge is 2.38. The molecule has 1 saturated heterocycles. The van der Waals surface area contributed by atoms with E-state index in [9.17, 15) is 13.2 Å². The summed E-state index contributed by atoms with van der Waals surface area (Å²) in [6.45, 7) is 1.82. The van der Waals surface area contributed by atoms with Gasteiger partial charge < -0.3 is 10.1 Å². The topological polar surface area (TPSA) is 47.0 Å². The van der Waals surface area contributed by atoms with E-state index in [1.165, 1.54) is 0 Å². The van der Waals surface area contributed by atoms with Gasteiger partial charge in [-0.15, -0.1) is 0 Å². The Labute approximate surface area is 108 Å². The lowest BCUT2D eigenvalue weighted by Gasteiger charge is -2.22. The molecule has 104 valence electrons. The van der Waals surface area contributed by atoms with E-state index in [1.54, 1.807) is 0 Å². The third-order valence-corrected chi connectivity index (χ3v) is 3.51. The molecule has 0 amide bonds. The Morgan fingerprint density at radius 1 is 1.26 bits per heavy atom. The van der Waals surface area contributed by atoms with Crippen molar-refractivity contribution in [2.45, 2.75) is 31.5 Å². The molecule has 0 aromatic carbocycles. The van der Waals surface area contributed by atoms with Crippen LogP contribution in [-0.4, -0.2) is 29.7 Å². The average Bonchev–Trinajstić information content (AvgIpc) is 2.90. The Hall–Kier alpha value is -1.21. The highest BCUT2D eigenvalue weighted by atomic mass is 19.4. The minimum absolute atomic E-state index is 0.110. The van der Waals surface area contributed by atoms with Crippen LogP contribution in [0.15, 0.2) is 0 Å². The summed E-state index contributed by atoms with van der Waals surface area (Å²) in [5, 5.41) is 2.94. The van der Waals surface area contributed by atoms with Gasteiger partial charge in [-0.3, -0.25) is 0 Å². The molecule has 1 atom stereocenters. The zero-order chi connectivity index (χ0) is 13.5. The van der Waals surface area contributed by atoms with Crippen molar-refractivity contribution in [1.29, 1.82) is 0 Å². The van der Waals surface area contributed by atoms with Gasteiger partial charge in [0.2, 0.25) is 0 Å². The van der Waals surface area contributed by atoms with Crippen LogP contribution >= 0.6 is 0 Å². The van der Waals surface area contributed by atoms with E-state index in [0.717, 1.165) is 0 Å². The maximum Gasteiger partial charge on any atom is 0.433 e. The summed E-state index contributed by atoms with van der Waals surface area (Å²) >= 11 is 0. The summed E-state index contributed by atoms with van der Waals surface area (Å²) < 4.78 is 44.5. The van der Waals surface area contributed by atoms with Crippen LogP contribution < -0.4 is 5.32 Å². The molecule has 0 spiro atoms. The third kappa shape index (κ3) is 2.44. The molecule has 0 bridgehead atoms. The second-order valence-corrected chi connectivity index (χ2v) is 4.84. The molecule has 1 aromatic heterocycles. The van der Waals surface area contributed by atoms with Gasteiger partial charge >= 0.3 is 6.18 Å². The van der Waals surface area contributed by atoms with Crippen LogP contribution in [0.1, 0.15) is 35.1 Å². The van der Waals surface area contributed by atoms with E-state index in [0.29, 0.717) is 38.3 Å². The van der Waals surface area contributed by atoms with Crippen LogP contribution in [0, 0.1) is 0 Å². The lowest BCUT2D eigenvalue weighted by atomic mass is 10.0. The number of rotatable bonds is 1. The normalized spacial score (nSPS) is 23.4. The molecule has 0 radical (unpaired) electrons. The quantitative estimate of drug-likeness (QED) is 0.845. The fourth-order valence-electron chi connectivity index (χ4n) is 2.52. The van der Waals surface area contributed by atoms with Crippen molar-refractivity contribution in [3.63, 3.8) is 0 Å². The van der Waals surface area contributed by atoms with Gasteiger partial charge in [-0.2, -0.15) is 13.2 Å². The molecule has 0 saturated carbocycles. The van der Waals surface area contributed by atoms with Crippen LogP contribution in [0.2, 0.25) is 0 Å². The number of aromatic nitrogens is 2. The minimum atomic E-state index is -4.43. The lowest BCUT2D eigenvalue weighted by molar-refractivity contribution is -0.142. The van der Waals surface area contributed by atoms with Gasteiger partial charge in [-0.25, -0.2) is 9.97 Å². The predicted molar refractivity (Wildman–Crippen MR) is 60.6 cm³/mol. The van der Waals surface area contributed by atoms with Gasteiger partial charge in [0.05, 0.1) is 12.3 Å². The molecule has 7 heteroatoms. The van der Waals surface area contributed by atoms with Gasteiger partial charge in [-0.05, 0) is 6.42 Å². The van der Waals surface area contributed by atoms with E-state index in [-0.39, 0.29) is 23.9 Å². The monoisotopic (exact) mass is 273 g/mol. The van der Waals surface area contributed by atoms with Crippen molar-refractivity contribution < 1.29 is 17.9 Å². The summed E-state index contributed by atoms with van der Waals surface area (Å²) in [7, 11) is 0. The summed E-state index contributed by atoms with van der Waals surface area (Å²) in [6, 6.07) is 0. The molecular weight excluding hydrogens is 259 g/mol. The fourth-order valence-corrected chi connectivity index (χ4v) is 2.52. The molecule has 4 nitrogen and oxygen atoms in total. The molecule has 0 aliphatic carbocycles. The smallest absolute Gasteiger partial charge is 0.381 e. The van der Waals surface area contributed by atoms with Gasteiger partial charge in [0.15, 0.2) is 5.69 Å². The first-order valence-corrected chi connectivity index (χ1v) is 6.31. The highest BCUT2D eigenvalue weighted by Crippen LogP contribution is 2.34. The molecule has 3 rings (SSSR count). The second kappa shape index (κ2) is 4.72. The first-order valence-electron chi connectivity index (χ1n) is 6.31. The second-order valence-electron chi connectivity index (χ2n) is 4.84. The number of nitrogens with one attached hydrogen (secondary N) is 1. The zero-order valence-electron chi connectivity index (χ0n) is 10.3. The maximum atomic E-state index is 13.1. The van der Waals surface area contributed by atoms with Gasteiger partial charge in [-0.1, -0.05) is 0 Å². The Morgan fingerprint density at radius 2 is 2.11 bits per heavy atom. The van der Waals surface area contributed by atoms with E-state index in [2.05, 4.69) is 15.3 Å². The molecule has 1 N–H and O–H groups in total. The molecule has 3 heterocycles. The molecule has 2 aliphatic heterocycles. The molecule has 19 heavy (non-hydrogen) atoms. The van der Waals surface area contributed by atoms with Crippen molar-refractivity contribution in [1.82, 2.24) is 15.3 Å². The van der Waals surface area contributed by atoms with Crippen LogP contribution in [0.5, 0.6) is 0 Å². The van der Waals surface area contributed by atoms with E-state index in [1.807, 2.05) is 0 Å². The van der Waals surface area contributed by atoms with Gasteiger partial charge in [0, 0.05) is 37.6 Å². The minimum Gasteiger partial charge on any atom is -0.381 e. The van der Waals surface area contributed by atoms with Crippen LogP contribution in [0.25, 0.3) is 0 Å². The SMILES string of the molecule is FC(F)(F)c1nc(C2CCOC2)nc2c1CNCC2. The van der Waals surface area contributed by atoms with Crippen LogP contribution in [0.3, 0.4) is 0 Å². The average molecular weight is 273 g/mol. The van der Waals surface area contributed by atoms with Crippen LogP contribution in [0.4, 0.5) is 13.2 Å². The molecule has 1 aromatic rings. The van der Waals surface area contributed by atoms with E-state index >= 15 is 0 Å². The highest BCUT2D eigenvalue weighted by molar-refractivity contribution is 5.31. The number of halogens is 3. The Balaban J connectivity index is 2.07. The number of ether oxygens (including phenoxy) is 1. The Morgan fingerprint density at radius 3 is 2.79 bits per heavy atom. The predicted octanol–water partition coefficient (Wildman–Crippen LogP) is 1.64. The van der Waals surface area contributed by atoms with Crippen molar-refractivity contribution in [3.8, 4) is 0 Å². The standard InChI is InChI=1S/C12H14F3N3O/c13-12(14,15)10-8-5-16-3-1-9(8)17-11(18-10)7-2-4-19-6-7/h7,16H,1-6H2. The molecule has 1 fully saturated rings. The number of fused-ring (bicyclic) bond motifs is 1. The van der Waals surface area contributed by atoms with Crippen molar-refractivity contribution in [3.05, 3.63) is 22.8 Å². The molecule has 2 aliphatic rings. The Bertz CT molecular complexity index is 484. The molecular formula is C12H14F3N3O. The van der Waals surface area contributed by atoms with Crippen molar-refractivity contribution in [2.75, 3.05) is 19.8 Å². The number of nitrogens with zero attached hydrogens (tertiary/aromatic N) is 2. The third-order valence-electron chi connectivity index (χ3n) is 3.51. The summed E-state index contributed by atoms with van der Waals surface area (Å²) in [5.74, 6) is 0.173. The summed E-state index contributed by atoms with van der Waals surface area (Å²) in [4.78, 5) is 8.12. The number of hydrogen-bond donors (Lipinski definition) is 1. The lowest BCUT2D eigenvalue weighted by Crippen LogP contribution is -2.30. The first kappa shape index (κ1) is 12.8. The summed E-state index contributed by atoms with van der Waals surface area (Å²) in [5.41, 5.74) is -0.0593. The van der Waals surface area contributed by atoms with E-state index in [4.69, 9.17) is 4.74 Å². The van der Waals surface area contributed by atoms with Crippen LogP contribution in [-0.2, 0) is 23.9 Å². The first-order chi connectivity index (χ1) is 9.05. The number of alkyl halides is 3. The summed E-state index contributed by atoms with van der Waals surface area (Å²) in [6.07, 6.45) is -3.23. The van der Waals surface area contributed by atoms with Gasteiger partial charge in [0.25, 0.3) is 0 Å². The maximum absolute atomic E-state index is 13.1. The van der Waals surface area contributed by atoms with E-state index < -0.39 is 11.9 Å². The Kier molecular flexibility index (Phi) is 3.18. The fraction of sp³-hybridized carbons (Fsp3) is 0.667. The largest absolute Gasteiger partial charge is 0.433 e. The van der Waals surface area contributed by atoms with Gasteiger partial charge in [0.1, 0.15) is 5.82 Å². The molecule has 1 unspecified atom stereocenters. The van der Waals surface area contributed by atoms with Crippen molar-refractivity contribution in [2.24, 2.45) is 0 Å². The number of hydrogen-bond acceptors (Lipinski definition) is 4.